The maximum absolute atomic E-state index is 12.2. The number of hydrogen-bond acceptors (Lipinski definition) is 6. The molecule has 0 saturated heterocycles. The lowest BCUT2D eigenvalue weighted by molar-refractivity contribution is -0.117. The van der Waals surface area contributed by atoms with Crippen molar-refractivity contribution < 1.29 is 9.32 Å². The van der Waals surface area contributed by atoms with Gasteiger partial charge in [0, 0.05) is 25.0 Å². The van der Waals surface area contributed by atoms with E-state index in [0.29, 0.717) is 37.0 Å². The molecular formula is C18H17N5O2. The van der Waals surface area contributed by atoms with E-state index >= 15 is 0 Å². The van der Waals surface area contributed by atoms with Crippen molar-refractivity contribution in [2.45, 2.75) is 13.3 Å². The van der Waals surface area contributed by atoms with Crippen molar-refractivity contribution in [2.75, 3.05) is 23.3 Å². The number of carbonyl (C=O) groups excluding carboxylic acids is 1. The van der Waals surface area contributed by atoms with Gasteiger partial charge in [0.2, 0.25) is 5.91 Å². The van der Waals surface area contributed by atoms with Crippen LogP contribution in [0.1, 0.15) is 11.4 Å². The van der Waals surface area contributed by atoms with Gasteiger partial charge in [-0.05, 0) is 30.7 Å². The molecule has 1 N–H and O–H groups in total. The van der Waals surface area contributed by atoms with Gasteiger partial charge in [-0.2, -0.15) is 4.98 Å². The molecule has 0 aliphatic carbocycles. The highest BCUT2D eigenvalue weighted by Gasteiger charge is 2.26. The number of nitrogens with zero attached hydrogens (tertiary/aromatic N) is 4. The lowest BCUT2D eigenvalue weighted by Crippen LogP contribution is -2.31. The van der Waals surface area contributed by atoms with Crippen LogP contribution in [-0.2, 0) is 11.2 Å². The summed E-state index contributed by atoms with van der Waals surface area (Å²) >= 11 is 0. The molecule has 2 aromatic heterocycles. The van der Waals surface area contributed by atoms with Crippen LogP contribution in [0.5, 0.6) is 0 Å². The molecular weight excluding hydrogens is 318 g/mol. The summed E-state index contributed by atoms with van der Waals surface area (Å²) in [5, 5.41) is 7.08. The quantitative estimate of drug-likeness (QED) is 0.771. The molecule has 1 aliphatic rings. The minimum atomic E-state index is 0.122. The van der Waals surface area contributed by atoms with Gasteiger partial charge in [0.05, 0.1) is 12.0 Å². The van der Waals surface area contributed by atoms with Gasteiger partial charge in [0.15, 0.2) is 5.82 Å². The lowest BCUT2D eigenvalue weighted by Gasteiger charge is -2.18. The Hall–Kier alpha value is -3.22. The van der Waals surface area contributed by atoms with Gasteiger partial charge in [-0.3, -0.25) is 4.79 Å². The Morgan fingerprint density at radius 3 is 2.96 bits per heavy atom. The Labute approximate surface area is 144 Å². The third kappa shape index (κ3) is 2.96. The van der Waals surface area contributed by atoms with Crippen molar-refractivity contribution in [3.05, 3.63) is 54.0 Å². The summed E-state index contributed by atoms with van der Waals surface area (Å²) in [5.74, 6) is 1.78. The second kappa shape index (κ2) is 6.35. The summed E-state index contributed by atoms with van der Waals surface area (Å²) in [6.07, 6.45) is 2.16. The first-order valence-corrected chi connectivity index (χ1v) is 8.10. The van der Waals surface area contributed by atoms with E-state index in [1.165, 1.54) is 0 Å². The molecule has 1 aromatic carbocycles. The number of aromatic nitrogens is 3. The number of anilines is 2. The molecule has 1 aliphatic heterocycles. The van der Waals surface area contributed by atoms with E-state index < -0.39 is 0 Å². The zero-order valence-corrected chi connectivity index (χ0v) is 13.8. The number of pyridine rings is 1. The third-order valence-corrected chi connectivity index (χ3v) is 4.12. The zero-order chi connectivity index (χ0) is 17.2. The van der Waals surface area contributed by atoms with Gasteiger partial charge < -0.3 is 14.7 Å². The minimum Gasteiger partial charge on any atom is -0.368 e. The number of aryl methyl sites for hydroxylation is 1. The Kier molecular flexibility index (Phi) is 3.89. The van der Waals surface area contributed by atoms with Crippen molar-refractivity contribution in [3.63, 3.8) is 0 Å². The largest absolute Gasteiger partial charge is 0.368 e. The van der Waals surface area contributed by atoms with E-state index in [0.717, 1.165) is 16.8 Å². The third-order valence-electron chi connectivity index (χ3n) is 4.12. The molecule has 1 amide bonds. The fourth-order valence-electron chi connectivity index (χ4n) is 2.97. The van der Waals surface area contributed by atoms with Crippen molar-refractivity contribution in [3.8, 4) is 11.5 Å². The van der Waals surface area contributed by atoms with E-state index in [-0.39, 0.29) is 5.91 Å². The van der Waals surface area contributed by atoms with Crippen LogP contribution < -0.4 is 10.2 Å². The van der Waals surface area contributed by atoms with Crippen LogP contribution in [0.3, 0.4) is 0 Å². The summed E-state index contributed by atoms with van der Waals surface area (Å²) in [6.45, 7) is 2.90. The Balaban J connectivity index is 1.47. The molecule has 0 saturated carbocycles. The second-order valence-electron chi connectivity index (χ2n) is 5.82. The summed E-state index contributed by atoms with van der Waals surface area (Å²) < 4.78 is 5.23. The lowest BCUT2D eigenvalue weighted by atomic mass is 10.2. The standard InChI is InChI=1S/C18H17N5O2/c1-12-21-18(25-22-12)14-6-4-8-19-17(14)20-9-10-23-15-7-3-2-5-13(15)11-16(23)24/h2-8H,9-11H2,1H3,(H,19,20). The van der Waals surface area contributed by atoms with Crippen LogP contribution >= 0.6 is 0 Å². The number of para-hydroxylation sites is 1. The van der Waals surface area contributed by atoms with Crippen molar-refractivity contribution in [2.24, 2.45) is 0 Å². The van der Waals surface area contributed by atoms with E-state index in [4.69, 9.17) is 4.52 Å². The van der Waals surface area contributed by atoms with Gasteiger partial charge in [0.25, 0.3) is 5.89 Å². The maximum atomic E-state index is 12.2. The van der Waals surface area contributed by atoms with Crippen LogP contribution in [0.4, 0.5) is 11.5 Å². The van der Waals surface area contributed by atoms with Crippen LogP contribution in [0.2, 0.25) is 0 Å². The monoisotopic (exact) mass is 335 g/mol. The predicted molar refractivity (Wildman–Crippen MR) is 93.3 cm³/mol. The van der Waals surface area contributed by atoms with Crippen LogP contribution in [0, 0.1) is 6.92 Å². The normalized spacial score (nSPS) is 13.2. The van der Waals surface area contributed by atoms with Gasteiger partial charge in [0.1, 0.15) is 5.82 Å². The summed E-state index contributed by atoms with van der Waals surface area (Å²) in [7, 11) is 0. The van der Waals surface area contributed by atoms with Crippen LogP contribution in [0.25, 0.3) is 11.5 Å². The number of rotatable bonds is 5. The Bertz CT molecular complexity index is 921. The molecule has 0 bridgehead atoms. The summed E-state index contributed by atoms with van der Waals surface area (Å²) in [6, 6.07) is 11.6. The molecule has 3 aromatic rings. The number of nitrogens with one attached hydrogen (secondary N) is 1. The number of carbonyl (C=O) groups is 1. The fourth-order valence-corrected chi connectivity index (χ4v) is 2.97. The highest BCUT2D eigenvalue weighted by molar-refractivity contribution is 6.01. The highest BCUT2D eigenvalue weighted by atomic mass is 16.5. The number of amides is 1. The molecule has 0 spiro atoms. The SMILES string of the molecule is Cc1noc(-c2cccnc2NCCN2C(=O)Cc3ccccc32)n1. The highest BCUT2D eigenvalue weighted by Crippen LogP contribution is 2.28. The molecule has 7 heteroatoms. The fraction of sp³-hybridized carbons (Fsp3) is 0.222. The molecule has 0 atom stereocenters. The average molecular weight is 335 g/mol. The molecule has 0 radical (unpaired) electrons. The molecule has 0 fully saturated rings. The van der Waals surface area contributed by atoms with Crippen LogP contribution in [0.15, 0.2) is 47.1 Å². The van der Waals surface area contributed by atoms with E-state index in [1.54, 1.807) is 13.1 Å². The first-order chi connectivity index (χ1) is 12.2. The smallest absolute Gasteiger partial charge is 0.261 e. The van der Waals surface area contributed by atoms with E-state index in [9.17, 15) is 4.79 Å². The van der Waals surface area contributed by atoms with Gasteiger partial charge in [-0.15, -0.1) is 0 Å². The molecule has 25 heavy (non-hydrogen) atoms. The average Bonchev–Trinajstić information content (AvgIpc) is 3.19. The first kappa shape index (κ1) is 15.3. The summed E-state index contributed by atoms with van der Waals surface area (Å²) in [5.41, 5.74) is 2.81. The maximum Gasteiger partial charge on any atom is 0.261 e. The number of benzene rings is 1. The molecule has 0 unspecified atom stereocenters. The van der Waals surface area contributed by atoms with Gasteiger partial charge in [-0.25, -0.2) is 4.98 Å². The van der Waals surface area contributed by atoms with Gasteiger partial charge in [-0.1, -0.05) is 23.4 Å². The predicted octanol–water partition coefficient (Wildman–Crippen LogP) is 2.44. The van der Waals surface area contributed by atoms with Crippen LogP contribution in [-0.4, -0.2) is 34.1 Å². The molecule has 3 heterocycles. The second-order valence-corrected chi connectivity index (χ2v) is 5.82. The van der Waals surface area contributed by atoms with Gasteiger partial charge >= 0.3 is 0 Å². The zero-order valence-electron chi connectivity index (χ0n) is 13.8. The molecule has 4 rings (SSSR count). The minimum absolute atomic E-state index is 0.122. The molecule has 7 nitrogen and oxygen atoms in total. The van der Waals surface area contributed by atoms with E-state index in [1.807, 2.05) is 41.3 Å². The van der Waals surface area contributed by atoms with Crippen molar-refractivity contribution in [1.29, 1.82) is 0 Å². The Morgan fingerprint density at radius 2 is 2.12 bits per heavy atom. The van der Waals surface area contributed by atoms with Crippen molar-refractivity contribution >= 4 is 17.4 Å². The van der Waals surface area contributed by atoms with E-state index in [2.05, 4.69) is 20.4 Å². The number of fused-ring (bicyclic) bond motifs is 1. The summed E-state index contributed by atoms with van der Waals surface area (Å²) in [4.78, 5) is 22.6. The first-order valence-electron chi connectivity index (χ1n) is 8.10. The topological polar surface area (TPSA) is 84.2 Å². The Morgan fingerprint density at radius 1 is 1.24 bits per heavy atom. The van der Waals surface area contributed by atoms with Crippen molar-refractivity contribution in [1.82, 2.24) is 15.1 Å². The number of hydrogen-bond donors (Lipinski definition) is 1. The molecule has 126 valence electrons.